The molecule has 2 rings (SSSR count). The summed E-state index contributed by atoms with van der Waals surface area (Å²) in [4.78, 5) is 26.4. The van der Waals surface area contributed by atoms with E-state index in [0.29, 0.717) is 10.7 Å². The first-order valence-electron chi connectivity index (χ1n) is 5.33. The second-order valence-electron chi connectivity index (χ2n) is 3.68. The van der Waals surface area contributed by atoms with E-state index in [1.807, 2.05) is 0 Å². The maximum absolute atomic E-state index is 11.9. The molecule has 0 radical (unpaired) electrons. The smallest absolute Gasteiger partial charge is 0.354 e. The van der Waals surface area contributed by atoms with Crippen molar-refractivity contribution >= 4 is 29.2 Å². The van der Waals surface area contributed by atoms with Crippen LogP contribution in [-0.4, -0.2) is 22.0 Å². The maximum Gasteiger partial charge on any atom is 0.354 e. The van der Waals surface area contributed by atoms with Crippen LogP contribution in [-0.2, 0) is 0 Å². The van der Waals surface area contributed by atoms with Crippen LogP contribution in [0.4, 0.5) is 5.69 Å². The monoisotopic (exact) mass is 276 g/mol. The van der Waals surface area contributed by atoms with Crippen LogP contribution in [0.15, 0.2) is 42.5 Å². The van der Waals surface area contributed by atoms with Crippen molar-refractivity contribution in [3.63, 3.8) is 0 Å². The van der Waals surface area contributed by atoms with Gasteiger partial charge in [-0.2, -0.15) is 0 Å². The molecule has 0 bridgehead atoms. The molecule has 0 saturated heterocycles. The van der Waals surface area contributed by atoms with Crippen molar-refractivity contribution in [1.29, 1.82) is 0 Å². The summed E-state index contributed by atoms with van der Waals surface area (Å²) in [6, 6.07) is 10.8. The number of rotatable bonds is 3. The zero-order valence-corrected chi connectivity index (χ0v) is 10.4. The molecule has 0 spiro atoms. The summed E-state index contributed by atoms with van der Waals surface area (Å²) in [5, 5.41) is 11.9. The highest BCUT2D eigenvalue weighted by molar-refractivity contribution is 6.30. The summed E-state index contributed by atoms with van der Waals surface area (Å²) in [6.07, 6.45) is 0. The molecule has 5 nitrogen and oxygen atoms in total. The Bertz CT molecular complexity index is 643. The molecule has 0 unspecified atom stereocenters. The summed E-state index contributed by atoms with van der Waals surface area (Å²) in [7, 11) is 0. The SMILES string of the molecule is O=C(O)c1cccc(C(=O)Nc2cccc(Cl)c2)n1. The number of hydrogen-bond donors (Lipinski definition) is 2. The molecule has 1 aromatic carbocycles. The van der Waals surface area contributed by atoms with Crippen LogP contribution in [0.2, 0.25) is 5.02 Å². The van der Waals surface area contributed by atoms with E-state index >= 15 is 0 Å². The first kappa shape index (κ1) is 13.0. The van der Waals surface area contributed by atoms with Gasteiger partial charge in [-0.3, -0.25) is 4.79 Å². The Morgan fingerprint density at radius 2 is 1.79 bits per heavy atom. The molecule has 1 aromatic heterocycles. The Labute approximate surface area is 113 Å². The zero-order chi connectivity index (χ0) is 13.8. The standard InChI is InChI=1S/C13H9ClN2O3/c14-8-3-1-4-9(7-8)15-12(17)10-5-2-6-11(16-10)13(18)19/h1-7H,(H,15,17)(H,18,19). The van der Waals surface area contributed by atoms with Gasteiger partial charge >= 0.3 is 5.97 Å². The highest BCUT2D eigenvalue weighted by atomic mass is 35.5. The number of carbonyl (C=O) groups excluding carboxylic acids is 1. The van der Waals surface area contributed by atoms with E-state index in [2.05, 4.69) is 10.3 Å². The topological polar surface area (TPSA) is 79.3 Å². The Kier molecular flexibility index (Phi) is 3.77. The number of hydrogen-bond acceptors (Lipinski definition) is 3. The molecule has 0 atom stereocenters. The Hall–Kier alpha value is -2.40. The van der Waals surface area contributed by atoms with Crippen LogP contribution in [0.25, 0.3) is 0 Å². The summed E-state index contributed by atoms with van der Waals surface area (Å²) < 4.78 is 0. The lowest BCUT2D eigenvalue weighted by atomic mass is 10.2. The van der Waals surface area contributed by atoms with Crippen molar-refractivity contribution in [2.45, 2.75) is 0 Å². The lowest BCUT2D eigenvalue weighted by molar-refractivity contribution is 0.0690. The predicted octanol–water partition coefficient (Wildman–Crippen LogP) is 2.69. The van der Waals surface area contributed by atoms with Crippen LogP contribution in [0, 0.1) is 0 Å². The Morgan fingerprint density at radius 1 is 1.11 bits per heavy atom. The van der Waals surface area contributed by atoms with Gasteiger partial charge in [0.1, 0.15) is 11.4 Å². The van der Waals surface area contributed by atoms with E-state index in [9.17, 15) is 9.59 Å². The highest BCUT2D eigenvalue weighted by Gasteiger charge is 2.11. The van der Waals surface area contributed by atoms with Crippen LogP contribution in [0.1, 0.15) is 21.0 Å². The molecule has 6 heteroatoms. The average Bonchev–Trinajstić information content (AvgIpc) is 2.39. The van der Waals surface area contributed by atoms with Crippen molar-refractivity contribution in [1.82, 2.24) is 4.98 Å². The molecule has 2 N–H and O–H groups in total. The third-order valence-corrected chi connectivity index (χ3v) is 2.52. The van der Waals surface area contributed by atoms with Crippen molar-refractivity contribution in [2.24, 2.45) is 0 Å². The van der Waals surface area contributed by atoms with Crippen LogP contribution in [0.3, 0.4) is 0 Å². The molecule has 0 aliphatic carbocycles. The molecule has 1 amide bonds. The minimum atomic E-state index is -1.18. The largest absolute Gasteiger partial charge is 0.477 e. The molecule has 19 heavy (non-hydrogen) atoms. The zero-order valence-electron chi connectivity index (χ0n) is 9.63. The highest BCUT2D eigenvalue weighted by Crippen LogP contribution is 2.15. The van der Waals surface area contributed by atoms with Crippen LogP contribution in [0.5, 0.6) is 0 Å². The lowest BCUT2D eigenvalue weighted by Gasteiger charge is -2.05. The third-order valence-electron chi connectivity index (χ3n) is 2.28. The summed E-state index contributed by atoms with van der Waals surface area (Å²) >= 11 is 5.80. The third kappa shape index (κ3) is 3.29. The fraction of sp³-hybridized carbons (Fsp3) is 0. The predicted molar refractivity (Wildman–Crippen MR) is 70.6 cm³/mol. The first-order chi connectivity index (χ1) is 9.06. The summed E-state index contributed by atoms with van der Waals surface area (Å²) in [5.41, 5.74) is 0.360. The minimum absolute atomic E-state index is 0.0277. The van der Waals surface area contributed by atoms with E-state index in [1.54, 1.807) is 24.3 Å². The number of anilines is 1. The molecule has 0 saturated carbocycles. The van der Waals surface area contributed by atoms with Gasteiger partial charge in [-0.1, -0.05) is 23.7 Å². The van der Waals surface area contributed by atoms with Crippen LogP contribution < -0.4 is 5.32 Å². The van der Waals surface area contributed by atoms with Gasteiger partial charge < -0.3 is 10.4 Å². The van der Waals surface area contributed by atoms with Gasteiger partial charge in [-0.15, -0.1) is 0 Å². The fourth-order valence-electron chi connectivity index (χ4n) is 1.44. The number of carbonyl (C=O) groups is 2. The molecule has 0 aliphatic rings. The molecule has 0 fully saturated rings. The van der Waals surface area contributed by atoms with E-state index in [1.165, 1.54) is 18.2 Å². The number of aromatic nitrogens is 1. The second kappa shape index (κ2) is 5.49. The Balaban J connectivity index is 2.20. The molecular weight excluding hydrogens is 268 g/mol. The number of carboxylic acids is 1. The lowest BCUT2D eigenvalue weighted by Crippen LogP contribution is -2.15. The molecule has 96 valence electrons. The van der Waals surface area contributed by atoms with Gasteiger partial charge in [0.15, 0.2) is 0 Å². The second-order valence-corrected chi connectivity index (χ2v) is 4.11. The fourth-order valence-corrected chi connectivity index (χ4v) is 1.63. The molecule has 1 heterocycles. The van der Waals surface area contributed by atoms with Gasteiger partial charge in [0.25, 0.3) is 5.91 Å². The number of nitrogens with zero attached hydrogens (tertiary/aromatic N) is 1. The average molecular weight is 277 g/mol. The number of aromatic carboxylic acids is 1. The van der Waals surface area contributed by atoms with Gasteiger partial charge in [0.2, 0.25) is 0 Å². The number of nitrogens with one attached hydrogen (secondary N) is 1. The number of benzene rings is 1. The number of halogens is 1. The molecule has 0 aliphatic heterocycles. The van der Waals surface area contributed by atoms with Gasteiger partial charge in [-0.05, 0) is 30.3 Å². The normalized spacial score (nSPS) is 9.95. The Morgan fingerprint density at radius 3 is 2.47 bits per heavy atom. The number of carboxylic acid groups (broad SMARTS) is 1. The van der Waals surface area contributed by atoms with Crippen molar-refractivity contribution in [3.05, 3.63) is 58.9 Å². The quantitative estimate of drug-likeness (QED) is 0.903. The van der Waals surface area contributed by atoms with Gasteiger partial charge in [0, 0.05) is 10.7 Å². The summed E-state index contributed by atoms with van der Waals surface area (Å²) in [6.45, 7) is 0. The van der Waals surface area contributed by atoms with E-state index in [4.69, 9.17) is 16.7 Å². The van der Waals surface area contributed by atoms with Gasteiger partial charge in [-0.25, -0.2) is 9.78 Å². The number of pyridine rings is 1. The maximum atomic E-state index is 11.9. The van der Waals surface area contributed by atoms with E-state index in [0.717, 1.165) is 0 Å². The molecule has 2 aromatic rings. The number of amides is 1. The first-order valence-corrected chi connectivity index (χ1v) is 5.71. The van der Waals surface area contributed by atoms with Crippen molar-refractivity contribution < 1.29 is 14.7 Å². The molecular formula is C13H9ClN2O3. The van der Waals surface area contributed by atoms with Crippen molar-refractivity contribution in [3.8, 4) is 0 Å². The van der Waals surface area contributed by atoms with E-state index < -0.39 is 11.9 Å². The van der Waals surface area contributed by atoms with E-state index in [-0.39, 0.29) is 11.4 Å². The minimum Gasteiger partial charge on any atom is -0.477 e. The van der Waals surface area contributed by atoms with Crippen LogP contribution >= 0.6 is 11.6 Å². The van der Waals surface area contributed by atoms with Crippen molar-refractivity contribution in [2.75, 3.05) is 5.32 Å². The summed E-state index contributed by atoms with van der Waals surface area (Å²) in [5.74, 6) is -1.68. The van der Waals surface area contributed by atoms with Gasteiger partial charge in [0.05, 0.1) is 0 Å².